The minimum absolute atomic E-state index is 0.170. The standard InChI is InChI=1S/C27H22NOSe/c1-17-12-13-22-21-9-5-8-20(18-7-6-11-24-19(18)14-16-30-24)26(21)29-27(22)25(17)23-10-3-4-15-28(23)2/h3-13,15H,14,16H2,1-2H3/q+1/i14D2. The molecule has 3 heteroatoms. The number of furan rings is 1. The third kappa shape index (κ3) is 2.59. The van der Waals surface area contributed by atoms with Gasteiger partial charge in [-0.1, -0.05) is 0 Å². The van der Waals surface area contributed by atoms with E-state index in [1.54, 1.807) is 0 Å². The van der Waals surface area contributed by atoms with Gasteiger partial charge in [-0.15, -0.1) is 0 Å². The number of hydrogen-bond donors (Lipinski definition) is 0. The van der Waals surface area contributed by atoms with Crippen LogP contribution < -0.4 is 9.03 Å². The Labute approximate surface area is 185 Å². The molecule has 0 fully saturated rings. The van der Waals surface area contributed by atoms with E-state index in [9.17, 15) is 0 Å². The number of hydrogen-bond acceptors (Lipinski definition) is 1. The van der Waals surface area contributed by atoms with Crippen LogP contribution in [0.15, 0.2) is 77.3 Å². The number of aryl methyl sites for hydroxylation is 2. The van der Waals surface area contributed by atoms with E-state index >= 15 is 0 Å². The number of benzene rings is 3. The summed E-state index contributed by atoms with van der Waals surface area (Å²) in [6.07, 6.45) is 0.762. The molecule has 0 spiro atoms. The quantitative estimate of drug-likeness (QED) is 0.258. The topological polar surface area (TPSA) is 17.0 Å². The molecule has 0 atom stereocenters. The van der Waals surface area contributed by atoms with Crippen LogP contribution in [0.3, 0.4) is 0 Å². The van der Waals surface area contributed by atoms with Crippen molar-refractivity contribution >= 4 is 41.4 Å². The molecule has 5 aromatic rings. The van der Waals surface area contributed by atoms with Crippen LogP contribution in [0.4, 0.5) is 0 Å². The van der Waals surface area contributed by atoms with Gasteiger partial charge >= 0.3 is 185 Å². The second kappa shape index (κ2) is 6.84. The van der Waals surface area contributed by atoms with Crippen molar-refractivity contribution in [3.05, 3.63) is 84.1 Å². The Morgan fingerprint density at radius 3 is 2.63 bits per heavy atom. The molecule has 2 aromatic heterocycles. The second-order valence-electron chi connectivity index (χ2n) is 7.76. The molecule has 6 rings (SSSR count). The molecule has 0 amide bonds. The van der Waals surface area contributed by atoms with E-state index in [4.69, 9.17) is 7.16 Å². The zero-order chi connectivity index (χ0) is 22.0. The van der Waals surface area contributed by atoms with Crippen LogP contribution in [0.1, 0.15) is 13.9 Å². The normalized spacial score (nSPS) is 15.9. The van der Waals surface area contributed by atoms with E-state index in [1.165, 1.54) is 10.0 Å². The van der Waals surface area contributed by atoms with Gasteiger partial charge in [0.15, 0.2) is 0 Å². The van der Waals surface area contributed by atoms with Gasteiger partial charge in [-0.2, -0.15) is 0 Å². The number of aromatic nitrogens is 1. The van der Waals surface area contributed by atoms with Crippen molar-refractivity contribution in [3.63, 3.8) is 0 Å². The Bertz CT molecular complexity index is 1540. The number of fused-ring (bicyclic) bond motifs is 4. The summed E-state index contributed by atoms with van der Waals surface area (Å²) in [5.74, 6) is 0. The van der Waals surface area contributed by atoms with Gasteiger partial charge in [-0.3, -0.25) is 0 Å². The Kier molecular flexibility index (Phi) is 3.62. The van der Waals surface area contributed by atoms with E-state index in [1.807, 2.05) is 12.1 Å². The molecule has 1 aliphatic heterocycles. The molecule has 3 aromatic carbocycles. The predicted molar refractivity (Wildman–Crippen MR) is 124 cm³/mol. The molecule has 0 radical (unpaired) electrons. The first-order valence-electron chi connectivity index (χ1n) is 11.1. The average Bonchev–Trinajstić information content (AvgIpc) is 3.31. The van der Waals surface area contributed by atoms with Crippen molar-refractivity contribution in [2.24, 2.45) is 7.05 Å². The zero-order valence-corrected chi connectivity index (χ0v) is 18.6. The molecule has 1 aliphatic rings. The fourth-order valence-corrected chi connectivity index (χ4v) is 6.35. The zero-order valence-electron chi connectivity index (χ0n) is 18.9. The van der Waals surface area contributed by atoms with Crippen molar-refractivity contribution in [2.75, 3.05) is 0 Å². The van der Waals surface area contributed by atoms with Gasteiger partial charge < -0.3 is 0 Å². The van der Waals surface area contributed by atoms with Crippen LogP contribution in [0, 0.1) is 6.92 Å². The third-order valence-electron chi connectivity index (χ3n) is 5.98. The fourth-order valence-electron chi connectivity index (χ4n) is 4.52. The molecular formula is C27H22NOSe+. The van der Waals surface area contributed by atoms with Crippen molar-refractivity contribution in [1.82, 2.24) is 0 Å². The molecule has 2 nitrogen and oxygen atoms in total. The summed E-state index contributed by atoms with van der Waals surface area (Å²) in [5, 5.41) is 2.75. The van der Waals surface area contributed by atoms with Crippen molar-refractivity contribution in [2.45, 2.75) is 18.6 Å². The number of pyridine rings is 1. The number of nitrogens with zero attached hydrogens (tertiary/aromatic N) is 1. The van der Waals surface area contributed by atoms with Crippen molar-refractivity contribution < 1.29 is 11.7 Å². The van der Waals surface area contributed by atoms with Crippen LogP contribution in [0.5, 0.6) is 0 Å². The van der Waals surface area contributed by atoms with E-state index in [0.29, 0.717) is 5.32 Å². The number of rotatable bonds is 2. The van der Waals surface area contributed by atoms with Crippen LogP contribution >= 0.6 is 0 Å². The van der Waals surface area contributed by atoms with Gasteiger partial charge in [0.2, 0.25) is 0 Å². The summed E-state index contributed by atoms with van der Waals surface area (Å²) in [6, 6.07) is 22.9. The first-order chi connectivity index (χ1) is 15.5. The van der Waals surface area contributed by atoms with Crippen molar-refractivity contribution in [1.29, 1.82) is 0 Å². The predicted octanol–water partition coefficient (Wildman–Crippen LogP) is 5.36. The molecule has 0 aliphatic carbocycles. The summed E-state index contributed by atoms with van der Waals surface area (Å²) in [6.45, 7) is 2.12. The van der Waals surface area contributed by atoms with Gasteiger partial charge in [-0.05, 0) is 0 Å². The van der Waals surface area contributed by atoms with Gasteiger partial charge in [0.25, 0.3) is 0 Å². The third-order valence-corrected chi connectivity index (χ3v) is 7.95. The van der Waals surface area contributed by atoms with E-state index < -0.39 is 6.37 Å². The summed E-state index contributed by atoms with van der Waals surface area (Å²) in [7, 11) is 2.05. The molecule has 3 heterocycles. The molecule has 0 unspecified atom stereocenters. The van der Waals surface area contributed by atoms with E-state index in [0.717, 1.165) is 49.9 Å². The van der Waals surface area contributed by atoms with Crippen LogP contribution in [-0.4, -0.2) is 15.0 Å². The SMILES string of the molecule is [2H]C1([2H])C[Se]c2cccc(-c3cccc4c3oc3c(-c5cccc[n+]5C)c(C)ccc34)c21. The van der Waals surface area contributed by atoms with Crippen LogP contribution in [0.25, 0.3) is 44.3 Å². The second-order valence-corrected chi connectivity index (χ2v) is 9.89. The Hall–Kier alpha value is -2.87. The van der Waals surface area contributed by atoms with Gasteiger partial charge in [0.05, 0.1) is 0 Å². The van der Waals surface area contributed by atoms with Crippen LogP contribution in [0.2, 0.25) is 5.32 Å². The van der Waals surface area contributed by atoms with Crippen LogP contribution in [-0.2, 0) is 13.4 Å². The summed E-state index contributed by atoms with van der Waals surface area (Å²) >= 11 is 0.170. The van der Waals surface area contributed by atoms with E-state index in [-0.39, 0.29) is 15.0 Å². The first-order valence-corrected chi connectivity index (χ1v) is 12.2. The summed E-state index contributed by atoms with van der Waals surface area (Å²) in [4.78, 5) is 0. The maximum atomic E-state index is 8.62. The Morgan fingerprint density at radius 1 is 0.900 bits per heavy atom. The molecule has 0 bridgehead atoms. The van der Waals surface area contributed by atoms with Crippen molar-refractivity contribution in [3.8, 4) is 22.4 Å². The van der Waals surface area contributed by atoms with E-state index in [2.05, 4.69) is 79.3 Å². The van der Waals surface area contributed by atoms with Gasteiger partial charge in [0, 0.05) is 0 Å². The first kappa shape index (κ1) is 15.9. The fraction of sp³-hybridized carbons (Fsp3) is 0.148. The molecule has 0 saturated carbocycles. The minimum atomic E-state index is -1.29. The average molecular weight is 457 g/mol. The summed E-state index contributed by atoms with van der Waals surface area (Å²) in [5.41, 5.74) is 7.86. The maximum absolute atomic E-state index is 8.62. The molecule has 0 saturated heterocycles. The van der Waals surface area contributed by atoms with Gasteiger partial charge in [-0.25, -0.2) is 0 Å². The van der Waals surface area contributed by atoms with Gasteiger partial charge in [0.1, 0.15) is 0 Å². The summed E-state index contributed by atoms with van der Waals surface area (Å²) < 4.78 is 27.2. The molecule has 30 heavy (non-hydrogen) atoms. The Morgan fingerprint density at radius 2 is 1.73 bits per heavy atom. The monoisotopic (exact) mass is 458 g/mol. The Balaban J connectivity index is 1.69. The molecule has 146 valence electrons. The number of para-hydroxylation sites is 1. The molecule has 0 N–H and O–H groups in total. The molecular weight excluding hydrogens is 433 g/mol.